The molecule has 0 aromatic heterocycles. The first-order valence-electron chi connectivity index (χ1n) is 6.27. The molecule has 1 unspecified atom stereocenters. The molecule has 1 nitrogen and oxygen atoms in total. The van der Waals surface area contributed by atoms with Crippen molar-refractivity contribution in [2.24, 2.45) is 0 Å². The molecule has 0 bridgehead atoms. The van der Waals surface area contributed by atoms with Gasteiger partial charge in [0.15, 0.2) is 0 Å². The maximum atomic E-state index is 6.24. The van der Waals surface area contributed by atoms with E-state index >= 15 is 0 Å². The Hall–Kier alpha value is -0.350. The summed E-state index contributed by atoms with van der Waals surface area (Å²) < 4.78 is 0.817. The van der Waals surface area contributed by atoms with E-state index < -0.39 is 0 Å². The average Bonchev–Trinajstić information content (AvgIpc) is 2.87. The maximum absolute atomic E-state index is 6.24. The summed E-state index contributed by atoms with van der Waals surface area (Å²) >= 11 is 17.7. The van der Waals surface area contributed by atoms with E-state index in [-0.39, 0.29) is 0 Å². The molecule has 1 aliphatic rings. The van der Waals surface area contributed by atoms with Crippen LogP contribution < -0.4 is 5.32 Å². The van der Waals surface area contributed by atoms with Gasteiger partial charge in [-0.3, -0.25) is 0 Å². The number of benzene rings is 2. The minimum atomic E-state index is 0.533. The fraction of sp³-hybridized carbons (Fsp3) is 0.200. The van der Waals surface area contributed by atoms with E-state index in [2.05, 4.69) is 45.5 Å². The summed E-state index contributed by atoms with van der Waals surface area (Å²) in [5, 5.41) is 5.06. The number of rotatable bonds is 3. The molecule has 2 aromatic carbocycles. The zero-order chi connectivity index (χ0) is 14.1. The predicted molar refractivity (Wildman–Crippen MR) is 92.4 cm³/mol. The van der Waals surface area contributed by atoms with Crippen molar-refractivity contribution in [1.29, 1.82) is 0 Å². The zero-order valence-electron chi connectivity index (χ0n) is 10.5. The van der Waals surface area contributed by atoms with Crippen LogP contribution in [0.1, 0.15) is 5.56 Å². The smallest absolute Gasteiger partial charge is 0.0835 e. The normalized spacial score (nSPS) is 17.1. The zero-order valence-corrected chi connectivity index (χ0v) is 14.4. The Kier molecular flexibility index (Phi) is 4.51. The molecule has 3 rings (SSSR count). The molecule has 0 fully saturated rings. The van der Waals surface area contributed by atoms with Crippen molar-refractivity contribution in [3.63, 3.8) is 0 Å². The van der Waals surface area contributed by atoms with Crippen LogP contribution in [0.2, 0.25) is 10.0 Å². The number of nitrogens with one attached hydrogen (secondary N) is 1. The quantitative estimate of drug-likeness (QED) is 0.658. The van der Waals surface area contributed by atoms with Gasteiger partial charge >= 0.3 is 0 Å². The first-order chi connectivity index (χ1) is 9.65. The SMILES string of the molecule is Clc1c(Br)ccc(NCC2Cc3ccccc3S2)c1Cl. The van der Waals surface area contributed by atoms with Crippen LogP contribution in [0.3, 0.4) is 0 Å². The van der Waals surface area contributed by atoms with Crippen LogP contribution in [-0.2, 0) is 6.42 Å². The topological polar surface area (TPSA) is 12.0 Å². The van der Waals surface area contributed by atoms with Crippen LogP contribution in [0, 0.1) is 0 Å². The molecule has 1 heterocycles. The highest BCUT2D eigenvalue weighted by Gasteiger charge is 2.21. The summed E-state index contributed by atoms with van der Waals surface area (Å²) in [6.07, 6.45) is 1.09. The van der Waals surface area contributed by atoms with Crippen LogP contribution >= 0.6 is 50.9 Å². The van der Waals surface area contributed by atoms with Gasteiger partial charge in [0, 0.05) is 21.2 Å². The van der Waals surface area contributed by atoms with Gasteiger partial charge in [-0.1, -0.05) is 41.4 Å². The minimum Gasteiger partial charge on any atom is -0.383 e. The first-order valence-corrected chi connectivity index (χ1v) is 8.70. The Morgan fingerprint density at radius 2 is 1.95 bits per heavy atom. The summed E-state index contributed by atoms with van der Waals surface area (Å²) in [4.78, 5) is 1.39. The molecular weight excluding hydrogens is 377 g/mol. The molecule has 0 saturated carbocycles. The van der Waals surface area contributed by atoms with E-state index in [1.807, 2.05) is 23.9 Å². The van der Waals surface area contributed by atoms with Gasteiger partial charge in [-0.05, 0) is 46.1 Å². The number of halogens is 3. The first kappa shape index (κ1) is 14.6. The Morgan fingerprint density at radius 3 is 2.75 bits per heavy atom. The van der Waals surface area contributed by atoms with Gasteiger partial charge in [0.05, 0.1) is 15.7 Å². The molecule has 0 saturated heterocycles. The Balaban J connectivity index is 1.66. The Bertz CT molecular complexity index is 623. The fourth-order valence-electron chi connectivity index (χ4n) is 2.25. The van der Waals surface area contributed by atoms with Gasteiger partial charge in [0.1, 0.15) is 0 Å². The molecule has 1 N–H and O–H groups in total. The Morgan fingerprint density at radius 1 is 1.15 bits per heavy atom. The summed E-state index contributed by atoms with van der Waals surface area (Å²) in [6.45, 7) is 0.872. The van der Waals surface area contributed by atoms with E-state index in [4.69, 9.17) is 23.2 Å². The van der Waals surface area contributed by atoms with Gasteiger partial charge in [-0.15, -0.1) is 11.8 Å². The van der Waals surface area contributed by atoms with Crippen LogP contribution in [0.25, 0.3) is 0 Å². The van der Waals surface area contributed by atoms with E-state index in [1.165, 1.54) is 10.5 Å². The maximum Gasteiger partial charge on any atom is 0.0835 e. The lowest BCUT2D eigenvalue weighted by Gasteiger charge is -2.13. The number of anilines is 1. The summed E-state index contributed by atoms with van der Waals surface area (Å²) in [5.41, 5.74) is 2.32. The third-order valence-electron chi connectivity index (χ3n) is 3.27. The number of hydrogen-bond donors (Lipinski definition) is 1. The molecule has 0 spiro atoms. The lowest BCUT2D eigenvalue weighted by molar-refractivity contribution is 0.899. The second kappa shape index (κ2) is 6.18. The number of fused-ring (bicyclic) bond motifs is 1. The average molecular weight is 389 g/mol. The van der Waals surface area contributed by atoms with Crippen molar-refractivity contribution in [1.82, 2.24) is 0 Å². The van der Waals surface area contributed by atoms with Crippen LogP contribution in [0.4, 0.5) is 5.69 Å². The van der Waals surface area contributed by atoms with Crippen molar-refractivity contribution < 1.29 is 0 Å². The molecule has 0 radical (unpaired) electrons. The predicted octanol–water partition coefficient (Wildman–Crippen LogP) is 5.88. The van der Waals surface area contributed by atoms with Gasteiger partial charge in [0.25, 0.3) is 0 Å². The van der Waals surface area contributed by atoms with Crippen molar-refractivity contribution >= 4 is 56.6 Å². The van der Waals surface area contributed by atoms with Crippen molar-refractivity contribution in [3.8, 4) is 0 Å². The number of hydrogen-bond acceptors (Lipinski definition) is 2. The third-order valence-corrected chi connectivity index (χ3v) is 6.36. The van der Waals surface area contributed by atoms with Crippen LogP contribution in [0.15, 0.2) is 45.8 Å². The lowest BCUT2D eigenvalue weighted by atomic mass is 10.1. The molecule has 1 aliphatic heterocycles. The van der Waals surface area contributed by atoms with E-state index in [9.17, 15) is 0 Å². The lowest BCUT2D eigenvalue weighted by Crippen LogP contribution is -2.16. The molecular formula is C15H12BrCl2NS. The highest BCUT2D eigenvalue weighted by molar-refractivity contribution is 9.10. The van der Waals surface area contributed by atoms with Crippen molar-refractivity contribution in [2.75, 3.05) is 11.9 Å². The second-order valence-corrected chi connectivity index (χ2v) is 7.61. The van der Waals surface area contributed by atoms with Crippen LogP contribution in [0.5, 0.6) is 0 Å². The van der Waals surface area contributed by atoms with Crippen LogP contribution in [-0.4, -0.2) is 11.8 Å². The third kappa shape index (κ3) is 2.96. The highest BCUT2D eigenvalue weighted by atomic mass is 79.9. The molecule has 5 heteroatoms. The van der Waals surface area contributed by atoms with Crippen molar-refractivity contribution in [3.05, 3.63) is 56.5 Å². The molecule has 2 aromatic rings. The van der Waals surface area contributed by atoms with Gasteiger partial charge in [-0.2, -0.15) is 0 Å². The molecule has 0 aliphatic carbocycles. The largest absolute Gasteiger partial charge is 0.383 e. The van der Waals surface area contributed by atoms with Crippen molar-refractivity contribution in [2.45, 2.75) is 16.6 Å². The molecule has 1 atom stereocenters. The number of thioether (sulfide) groups is 1. The Labute approximate surface area is 141 Å². The molecule has 20 heavy (non-hydrogen) atoms. The summed E-state index contributed by atoms with van der Waals surface area (Å²) in [6, 6.07) is 12.4. The monoisotopic (exact) mass is 387 g/mol. The van der Waals surface area contributed by atoms with E-state index in [1.54, 1.807) is 0 Å². The van der Waals surface area contributed by atoms with E-state index in [0.717, 1.165) is 23.1 Å². The molecule has 104 valence electrons. The highest BCUT2D eigenvalue weighted by Crippen LogP contribution is 2.38. The van der Waals surface area contributed by atoms with E-state index in [0.29, 0.717) is 15.3 Å². The second-order valence-electron chi connectivity index (χ2n) is 4.66. The van der Waals surface area contributed by atoms with Gasteiger partial charge < -0.3 is 5.32 Å². The summed E-state index contributed by atoms with van der Waals surface area (Å²) in [7, 11) is 0. The standard InChI is InChI=1S/C15H12BrCl2NS/c16-11-5-6-12(15(18)14(11)17)19-8-10-7-9-3-1-2-4-13(9)20-10/h1-6,10,19H,7-8H2. The summed E-state index contributed by atoms with van der Waals surface area (Å²) in [5.74, 6) is 0. The van der Waals surface area contributed by atoms with Gasteiger partial charge in [0.2, 0.25) is 0 Å². The fourth-order valence-corrected chi connectivity index (χ4v) is 4.34. The molecule has 0 amide bonds. The van der Waals surface area contributed by atoms with Gasteiger partial charge in [-0.25, -0.2) is 0 Å². The minimum absolute atomic E-state index is 0.533.